The summed E-state index contributed by atoms with van der Waals surface area (Å²) in [5, 5.41) is 19.9. The molecule has 0 aliphatic carbocycles. The number of hydrogen-bond acceptors (Lipinski definition) is 4. The Morgan fingerprint density at radius 3 is 2.55 bits per heavy atom. The maximum Gasteiger partial charge on any atom is 0.311 e. The molecule has 2 rings (SSSR count). The summed E-state index contributed by atoms with van der Waals surface area (Å²) >= 11 is 3.11. The Morgan fingerprint density at radius 1 is 1.25 bits per heavy atom. The van der Waals surface area contributed by atoms with Gasteiger partial charge in [0.2, 0.25) is 5.75 Å². The predicted molar refractivity (Wildman–Crippen MR) is 73.2 cm³/mol. The van der Waals surface area contributed by atoms with Crippen LogP contribution in [0.1, 0.15) is 5.56 Å². The number of nitro groups is 1. The summed E-state index contributed by atoms with van der Waals surface area (Å²) in [6.07, 6.45) is 0. The molecule has 0 saturated heterocycles. The van der Waals surface area contributed by atoms with Crippen LogP contribution < -0.4 is 4.74 Å². The minimum atomic E-state index is -0.648. The molecule has 0 bridgehead atoms. The van der Waals surface area contributed by atoms with Crippen LogP contribution in [0.2, 0.25) is 0 Å². The van der Waals surface area contributed by atoms with E-state index in [2.05, 4.69) is 15.9 Å². The fourth-order valence-corrected chi connectivity index (χ4v) is 1.90. The number of benzene rings is 2. The zero-order chi connectivity index (χ0) is 14.7. The Morgan fingerprint density at radius 2 is 1.95 bits per heavy atom. The van der Waals surface area contributed by atoms with Gasteiger partial charge in [-0.25, -0.2) is 4.39 Å². The molecule has 0 fully saturated rings. The molecule has 0 heterocycles. The van der Waals surface area contributed by atoms with E-state index in [0.717, 1.165) is 0 Å². The number of ether oxygens (including phenoxy) is 1. The van der Waals surface area contributed by atoms with Crippen molar-refractivity contribution in [2.45, 2.75) is 6.61 Å². The fraction of sp³-hybridized carbons (Fsp3) is 0.0769. The molecular weight excluding hydrogens is 333 g/mol. The van der Waals surface area contributed by atoms with E-state index in [0.29, 0.717) is 10.0 Å². The molecule has 0 aromatic heterocycles. The van der Waals surface area contributed by atoms with E-state index in [1.807, 2.05) is 0 Å². The van der Waals surface area contributed by atoms with Crippen LogP contribution in [0.4, 0.5) is 10.1 Å². The molecule has 0 aliphatic heterocycles. The molecule has 7 heteroatoms. The van der Waals surface area contributed by atoms with E-state index < -0.39 is 10.7 Å². The van der Waals surface area contributed by atoms with Gasteiger partial charge < -0.3 is 9.84 Å². The van der Waals surface area contributed by atoms with Crippen molar-refractivity contribution >= 4 is 21.6 Å². The highest BCUT2D eigenvalue weighted by atomic mass is 79.9. The predicted octanol–water partition coefficient (Wildman–Crippen LogP) is 3.78. The van der Waals surface area contributed by atoms with Gasteiger partial charge in [0.05, 0.1) is 11.5 Å². The third-order valence-corrected chi connectivity index (χ3v) is 3.01. The Balaban J connectivity index is 2.40. The fourth-order valence-electron chi connectivity index (χ4n) is 1.57. The number of nitrogens with zero attached hydrogens (tertiary/aromatic N) is 1. The molecule has 0 unspecified atom stereocenters. The molecule has 2 aromatic rings. The molecule has 0 aliphatic rings. The van der Waals surface area contributed by atoms with Gasteiger partial charge in [0.15, 0.2) is 11.6 Å². The van der Waals surface area contributed by atoms with Crippen molar-refractivity contribution in [3.8, 4) is 11.5 Å². The summed E-state index contributed by atoms with van der Waals surface area (Å²) in [5.74, 6) is -0.846. The van der Waals surface area contributed by atoms with Crippen LogP contribution in [-0.2, 0) is 6.61 Å². The van der Waals surface area contributed by atoms with Crippen molar-refractivity contribution in [1.29, 1.82) is 0 Å². The number of nitro benzene ring substituents is 1. The van der Waals surface area contributed by atoms with Crippen LogP contribution in [0.25, 0.3) is 0 Å². The molecule has 0 amide bonds. The molecule has 0 saturated carbocycles. The van der Waals surface area contributed by atoms with E-state index in [-0.39, 0.29) is 23.8 Å². The lowest BCUT2D eigenvalue weighted by atomic mass is 10.2. The maximum atomic E-state index is 13.6. The van der Waals surface area contributed by atoms with E-state index in [4.69, 9.17) is 9.84 Å². The minimum Gasteiger partial charge on any atom is -0.447 e. The average Bonchev–Trinajstić information content (AvgIpc) is 2.42. The third-order valence-electron chi connectivity index (χ3n) is 2.52. The van der Waals surface area contributed by atoms with Crippen molar-refractivity contribution in [3.63, 3.8) is 0 Å². The van der Waals surface area contributed by atoms with Gasteiger partial charge in [0.1, 0.15) is 0 Å². The van der Waals surface area contributed by atoms with Gasteiger partial charge in [-0.05, 0) is 29.8 Å². The van der Waals surface area contributed by atoms with Crippen molar-refractivity contribution in [3.05, 3.63) is 62.4 Å². The molecule has 0 atom stereocenters. The largest absolute Gasteiger partial charge is 0.447 e. The Kier molecular flexibility index (Phi) is 4.31. The molecular formula is C13H9BrFNO4. The van der Waals surface area contributed by atoms with Crippen LogP contribution in [0, 0.1) is 15.9 Å². The minimum absolute atomic E-state index is 0.0894. The van der Waals surface area contributed by atoms with E-state index >= 15 is 0 Å². The normalized spacial score (nSPS) is 10.3. The summed E-state index contributed by atoms with van der Waals surface area (Å²) in [7, 11) is 0. The number of aliphatic hydroxyl groups excluding tert-OH is 1. The first kappa shape index (κ1) is 14.4. The maximum absolute atomic E-state index is 13.6. The van der Waals surface area contributed by atoms with Crippen molar-refractivity contribution in [2.75, 3.05) is 0 Å². The lowest BCUT2D eigenvalue weighted by Gasteiger charge is -2.08. The first-order valence-corrected chi connectivity index (χ1v) is 6.31. The molecule has 2 aromatic carbocycles. The van der Waals surface area contributed by atoms with E-state index in [9.17, 15) is 14.5 Å². The second-order valence-corrected chi connectivity index (χ2v) is 4.81. The second kappa shape index (κ2) is 5.98. The number of halogens is 2. The summed E-state index contributed by atoms with van der Waals surface area (Å²) in [4.78, 5) is 10.3. The monoisotopic (exact) mass is 341 g/mol. The summed E-state index contributed by atoms with van der Waals surface area (Å²) in [6, 6.07) is 8.11. The highest BCUT2D eigenvalue weighted by Gasteiger charge is 2.18. The highest BCUT2D eigenvalue weighted by Crippen LogP contribution is 2.34. The second-order valence-electron chi connectivity index (χ2n) is 3.89. The van der Waals surface area contributed by atoms with Crippen molar-refractivity contribution in [1.82, 2.24) is 0 Å². The SMILES string of the molecule is O=[N+]([O-])c1cc(CO)ccc1Oc1ccc(Br)cc1F. The summed E-state index contributed by atoms with van der Waals surface area (Å²) < 4.78 is 19.4. The number of hydrogen-bond donors (Lipinski definition) is 1. The molecule has 104 valence electrons. The van der Waals surface area contributed by atoms with Crippen molar-refractivity contribution < 1.29 is 19.2 Å². The van der Waals surface area contributed by atoms with Gasteiger partial charge in [-0.1, -0.05) is 22.0 Å². The quantitative estimate of drug-likeness (QED) is 0.678. The summed E-state index contributed by atoms with van der Waals surface area (Å²) in [5.41, 5.74) is 0.0409. The van der Waals surface area contributed by atoms with Gasteiger partial charge in [0.25, 0.3) is 0 Å². The van der Waals surface area contributed by atoms with Gasteiger partial charge in [-0.2, -0.15) is 0 Å². The number of rotatable bonds is 4. The summed E-state index contributed by atoms with van der Waals surface area (Å²) in [6.45, 7) is -0.326. The molecule has 5 nitrogen and oxygen atoms in total. The first-order valence-electron chi connectivity index (χ1n) is 5.52. The van der Waals surface area contributed by atoms with E-state index in [1.165, 1.54) is 30.3 Å². The molecule has 20 heavy (non-hydrogen) atoms. The zero-order valence-corrected chi connectivity index (χ0v) is 11.6. The average molecular weight is 342 g/mol. The topological polar surface area (TPSA) is 72.6 Å². The Hall–Kier alpha value is -1.99. The molecule has 0 radical (unpaired) electrons. The van der Waals surface area contributed by atoms with Gasteiger partial charge in [-0.15, -0.1) is 0 Å². The number of aliphatic hydroxyl groups is 1. The van der Waals surface area contributed by atoms with Gasteiger partial charge in [-0.3, -0.25) is 10.1 Å². The van der Waals surface area contributed by atoms with Crippen LogP contribution >= 0.6 is 15.9 Å². The lowest BCUT2D eigenvalue weighted by Crippen LogP contribution is -1.96. The lowest BCUT2D eigenvalue weighted by molar-refractivity contribution is -0.385. The Labute approximate surface area is 121 Å². The highest BCUT2D eigenvalue weighted by molar-refractivity contribution is 9.10. The Bertz CT molecular complexity index is 663. The van der Waals surface area contributed by atoms with Gasteiger partial charge in [0, 0.05) is 10.5 Å². The van der Waals surface area contributed by atoms with Gasteiger partial charge >= 0.3 is 5.69 Å². The van der Waals surface area contributed by atoms with Crippen LogP contribution in [0.3, 0.4) is 0 Å². The van der Waals surface area contributed by atoms with Crippen LogP contribution in [0.15, 0.2) is 40.9 Å². The zero-order valence-electron chi connectivity index (χ0n) is 10.0. The standard InChI is InChI=1S/C13H9BrFNO4/c14-9-2-4-12(10(15)6-9)20-13-3-1-8(7-17)5-11(13)16(18)19/h1-6,17H,7H2. The molecule has 0 spiro atoms. The van der Waals surface area contributed by atoms with E-state index in [1.54, 1.807) is 6.07 Å². The molecule has 1 N–H and O–H groups in total. The smallest absolute Gasteiger partial charge is 0.311 e. The van der Waals surface area contributed by atoms with Crippen LogP contribution in [-0.4, -0.2) is 10.0 Å². The van der Waals surface area contributed by atoms with Crippen LogP contribution in [0.5, 0.6) is 11.5 Å². The first-order chi connectivity index (χ1) is 9.51. The third kappa shape index (κ3) is 3.12. The van der Waals surface area contributed by atoms with Crippen molar-refractivity contribution in [2.24, 2.45) is 0 Å².